The molecule has 0 N–H and O–H groups in total. The first kappa shape index (κ1) is 18.0. The van der Waals surface area contributed by atoms with E-state index in [1.165, 1.54) is 50.6 Å². The summed E-state index contributed by atoms with van der Waals surface area (Å²) in [5.74, 6) is -0.107. The zero-order chi connectivity index (χ0) is 18.4. The molecule has 2 aromatic rings. The molecule has 1 aliphatic rings. The molecule has 1 aliphatic heterocycles. The van der Waals surface area contributed by atoms with E-state index in [0.717, 1.165) is 13.1 Å². The zero-order valence-electron chi connectivity index (χ0n) is 14.9. The summed E-state index contributed by atoms with van der Waals surface area (Å²) < 4.78 is 9.90. The molecular formula is C21H23NO4. The number of nitrogens with zero attached hydrogens (tertiary/aromatic N) is 1. The van der Waals surface area contributed by atoms with E-state index in [-0.39, 0.29) is 11.5 Å². The Hall–Kier alpha value is -2.82. The van der Waals surface area contributed by atoms with Crippen molar-refractivity contribution in [1.29, 1.82) is 0 Å². The third kappa shape index (κ3) is 4.42. The van der Waals surface area contributed by atoms with E-state index in [0.29, 0.717) is 11.3 Å². The Bertz CT molecular complexity index is 781. The highest BCUT2D eigenvalue weighted by atomic mass is 16.5. The fourth-order valence-corrected chi connectivity index (χ4v) is 3.07. The predicted octanol–water partition coefficient (Wildman–Crippen LogP) is 4.34. The Balaban J connectivity index is 1.64. The van der Waals surface area contributed by atoms with Crippen LogP contribution >= 0.6 is 0 Å². The summed E-state index contributed by atoms with van der Waals surface area (Å²) in [5, 5.41) is 0. The normalized spacial score (nSPS) is 15.0. The van der Waals surface area contributed by atoms with Gasteiger partial charge in [0.25, 0.3) is 0 Å². The van der Waals surface area contributed by atoms with Crippen LogP contribution in [-0.2, 0) is 4.74 Å². The highest BCUT2D eigenvalue weighted by molar-refractivity contribution is 6.06. The van der Waals surface area contributed by atoms with E-state index < -0.39 is 5.97 Å². The first-order chi connectivity index (χ1) is 12.7. The maximum Gasteiger partial charge on any atom is 0.373 e. The van der Waals surface area contributed by atoms with Gasteiger partial charge in [-0.15, -0.1) is 0 Å². The number of ether oxygens (including phenoxy) is 1. The molecule has 5 heteroatoms. The summed E-state index contributed by atoms with van der Waals surface area (Å²) >= 11 is 0. The van der Waals surface area contributed by atoms with Gasteiger partial charge in [-0.3, -0.25) is 4.79 Å². The van der Waals surface area contributed by atoms with Crippen LogP contribution in [0.5, 0.6) is 0 Å². The van der Waals surface area contributed by atoms with Gasteiger partial charge >= 0.3 is 5.97 Å². The van der Waals surface area contributed by atoms with Crippen molar-refractivity contribution in [1.82, 2.24) is 0 Å². The second-order valence-electron chi connectivity index (χ2n) is 6.34. The molecule has 1 aromatic heterocycles. The first-order valence-electron chi connectivity index (χ1n) is 8.93. The lowest BCUT2D eigenvalue weighted by molar-refractivity contribution is 0.0564. The van der Waals surface area contributed by atoms with Gasteiger partial charge in [0.05, 0.1) is 7.11 Å². The van der Waals surface area contributed by atoms with Gasteiger partial charge in [-0.05, 0) is 61.4 Å². The number of allylic oxidation sites excluding steroid dienone is 1. The minimum absolute atomic E-state index is 0.108. The Morgan fingerprint density at radius 2 is 1.69 bits per heavy atom. The van der Waals surface area contributed by atoms with Crippen molar-refractivity contribution in [3.8, 4) is 0 Å². The van der Waals surface area contributed by atoms with Crippen LogP contribution in [0.1, 0.15) is 52.4 Å². The summed E-state index contributed by atoms with van der Waals surface area (Å²) in [4.78, 5) is 26.1. The van der Waals surface area contributed by atoms with Gasteiger partial charge in [-0.1, -0.05) is 12.8 Å². The third-order valence-corrected chi connectivity index (χ3v) is 4.54. The molecule has 0 unspecified atom stereocenters. The molecule has 0 atom stereocenters. The van der Waals surface area contributed by atoms with Gasteiger partial charge in [-0.25, -0.2) is 4.79 Å². The standard InChI is InChI=1S/C21H23NO4/c1-25-21(24)20-13-11-18(26-20)10-12-19(23)16-6-8-17(9-7-16)22-14-4-2-3-5-15-22/h6-13H,2-5,14-15H2,1H3/b12-10-. The van der Waals surface area contributed by atoms with Crippen molar-refractivity contribution in [3.63, 3.8) is 0 Å². The van der Waals surface area contributed by atoms with Gasteiger partial charge in [0.15, 0.2) is 5.78 Å². The van der Waals surface area contributed by atoms with E-state index in [1.54, 1.807) is 12.1 Å². The van der Waals surface area contributed by atoms with Gasteiger partial charge in [0.2, 0.25) is 5.76 Å². The third-order valence-electron chi connectivity index (χ3n) is 4.54. The number of esters is 1. The van der Waals surface area contributed by atoms with E-state index in [4.69, 9.17) is 4.42 Å². The molecule has 0 radical (unpaired) electrons. The van der Waals surface area contributed by atoms with Crippen molar-refractivity contribution in [2.45, 2.75) is 25.7 Å². The molecule has 0 spiro atoms. The average Bonchev–Trinajstić information content (AvgIpc) is 2.99. The van der Waals surface area contributed by atoms with Crippen LogP contribution in [0.25, 0.3) is 6.08 Å². The summed E-state index contributed by atoms with van der Waals surface area (Å²) in [5.41, 5.74) is 1.79. The lowest BCUT2D eigenvalue weighted by Crippen LogP contribution is -2.23. The molecule has 0 aliphatic carbocycles. The Kier molecular flexibility index (Phi) is 5.89. The van der Waals surface area contributed by atoms with Crippen molar-refractivity contribution in [3.05, 3.63) is 59.6 Å². The fraction of sp³-hybridized carbons (Fsp3) is 0.333. The molecule has 26 heavy (non-hydrogen) atoms. The van der Waals surface area contributed by atoms with E-state index in [1.807, 2.05) is 24.3 Å². The number of benzene rings is 1. The number of methoxy groups -OCH3 is 1. The second kappa shape index (κ2) is 8.52. The molecule has 0 bridgehead atoms. The van der Waals surface area contributed by atoms with Crippen LogP contribution in [0.3, 0.4) is 0 Å². The predicted molar refractivity (Wildman–Crippen MR) is 101 cm³/mol. The quantitative estimate of drug-likeness (QED) is 0.454. The van der Waals surface area contributed by atoms with E-state index in [9.17, 15) is 9.59 Å². The summed E-state index contributed by atoms with van der Waals surface area (Å²) in [6, 6.07) is 10.9. The van der Waals surface area contributed by atoms with Gasteiger partial charge in [0, 0.05) is 24.3 Å². The summed E-state index contributed by atoms with van der Waals surface area (Å²) in [6.07, 6.45) is 8.03. The van der Waals surface area contributed by atoms with Crippen molar-refractivity contribution in [2.75, 3.05) is 25.1 Å². The Morgan fingerprint density at radius 3 is 2.35 bits per heavy atom. The van der Waals surface area contributed by atoms with Crippen LogP contribution in [0.4, 0.5) is 5.69 Å². The minimum Gasteiger partial charge on any atom is -0.463 e. The number of furan rings is 1. The molecule has 136 valence electrons. The Morgan fingerprint density at radius 1 is 1.00 bits per heavy atom. The SMILES string of the molecule is COC(=O)c1ccc(/C=C\C(=O)c2ccc(N3CCCCCC3)cc2)o1. The molecule has 1 aromatic carbocycles. The van der Waals surface area contributed by atoms with Crippen LogP contribution < -0.4 is 4.90 Å². The molecule has 0 amide bonds. The number of carbonyl (C=O) groups excluding carboxylic acids is 2. The van der Waals surface area contributed by atoms with Gasteiger partial charge in [-0.2, -0.15) is 0 Å². The van der Waals surface area contributed by atoms with Crippen LogP contribution in [0, 0.1) is 0 Å². The molecule has 1 fully saturated rings. The molecule has 0 saturated carbocycles. The second-order valence-corrected chi connectivity index (χ2v) is 6.34. The topological polar surface area (TPSA) is 59.8 Å². The number of carbonyl (C=O) groups is 2. The minimum atomic E-state index is -0.542. The first-order valence-corrected chi connectivity index (χ1v) is 8.93. The monoisotopic (exact) mass is 353 g/mol. The largest absolute Gasteiger partial charge is 0.463 e. The number of ketones is 1. The fourth-order valence-electron chi connectivity index (χ4n) is 3.07. The molecule has 2 heterocycles. The number of hydrogen-bond acceptors (Lipinski definition) is 5. The maximum atomic E-state index is 12.3. The van der Waals surface area contributed by atoms with E-state index >= 15 is 0 Å². The smallest absolute Gasteiger partial charge is 0.373 e. The zero-order valence-corrected chi connectivity index (χ0v) is 14.9. The molecule has 1 saturated heterocycles. The highest BCUT2D eigenvalue weighted by Crippen LogP contribution is 2.20. The van der Waals surface area contributed by atoms with Crippen LogP contribution in [-0.4, -0.2) is 32.0 Å². The number of hydrogen-bond donors (Lipinski definition) is 0. The van der Waals surface area contributed by atoms with Crippen molar-refractivity contribution < 1.29 is 18.7 Å². The Labute approximate surface area is 153 Å². The maximum absolute atomic E-state index is 12.3. The average molecular weight is 353 g/mol. The summed E-state index contributed by atoms with van der Waals surface area (Å²) in [6.45, 7) is 2.16. The van der Waals surface area contributed by atoms with E-state index in [2.05, 4.69) is 9.64 Å². The molecular weight excluding hydrogens is 330 g/mol. The molecule has 3 rings (SSSR count). The number of anilines is 1. The van der Waals surface area contributed by atoms with Gasteiger partial charge < -0.3 is 14.1 Å². The lowest BCUT2D eigenvalue weighted by Gasteiger charge is -2.22. The van der Waals surface area contributed by atoms with Crippen LogP contribution in [0.15, 0.2) is 46.9 Å². The molecule has 5 nitrogen and oxygen atoms in total. The highest BCUT2D eigenvalue weighted by Gasteiger charge is 2.12. The number of rotatable bonds is 5. The van der Waals surface area contributed by atoms with Crippen molar-refractivity contribution in [2.24, 2.45) is 0 Å². The summed E-state index contributed by atoms with van der Waals surface area (Å²) in [7, 11) is 1.29. The van der Waals surface area contributed by atoms with Crippen LogP contribution in [0.2, 0.25) is 0 Å². The van der Waals surface area contributed by atoms with Crippen molar-refractivity contribution >= 4 is 23.5 Å². The lowest BCUT2D eigenvalue weighted by atomic mass is 10.1. The van der Waals surface area contributed by atoms with Gasteiger partial charge in [0.1, 0.15) is 5.76 Å².